The van der Waals surface area contributed by atoms with Crippen LogP contribution in [-0.2, 0) is 11.3 Å². The van der Waals surface area contributed by atoms with Gasteiger partial charge in [0, 0.05) is 23.3 Å². The van der Waals surface area contributed by atoms with E-state index in [1.807, 2.05) is 23.2 Å². The second-order valence-electron chi connectivity index (χ2n) is 6.76. The number of carbonyl (C=O) groups is 1. The first-order valence-electron chi connectivity index (χ1n) is 8.91. The predicted molar refractivity (Wildman–Crippen MR) is 101 cm³/mol. The Balaban J connectivity index is 1.45. The summed E-state index contributed by atoms with van der Waals surface area (Å²) in [5.41, 5.74) is 2.57. The molecule has 2 N–H and O–H groups in total. The number of piperazine rings is 1. The van der Waals surface area contributed by atoms with E-state index in [9.17, 15) is 14.9 Å². The van der Waals surface area contributed by atoms with Gasteiger partial charge in [0.2, 0.25) is 0 Å². The molecule has 8 nitrogen and oxygen atoms in total. The first-order valence-corrected chi connectivity index (χ1v) is 8.91. The first kappa shape index (κ1) is 17.2. The van der Waals surface area contributed by atoms with Crippen LogP contribution < -0.4 is 10.2 Å². The summed E-state index contributed by atoms with van der Waals surface area (Å²) in [6, 6.07) is 14.7. The van der Waals surface area contributed by atoms with Crippen LogP contribution in [0.2, 0.25) is 0 Å². The molecule has 0 aliphatic carbocycles. The topological polar surface area (TPSA) is 92.3 Å². The monoisotopic (exact) mass is 366 g/mol. The molecule has 1 saturated heterocycles. The summed E-state index contributed by atoms with van der Waals surface area (Å²) in [5, 5.41) is 20.1. The van der Waals surface area contributed by atoms with Crippen molar-refractivity contribution in [3.63, 3.8) is 0 Å². The third-order valence-electron chi connectivity index (χ3n) is 4.92. The number of hydrogen-bond donors (Lipinski definition) is 2. The molecule has 0 saturated carbocycles. The summed E-state index contributed by atoms with van der Waals surface area (Å²) in [5.74, 6) is -0.315. The highest BCUT2D eigenvalue weighted by Crippen LogP contribution is 2.27. The Morgan fingerprint density at radius 1 is 1.15 bits per heavy atom. The Kier molecular flexibility index (Phi) is 4.55. The van der Waals surface area contributed by atoms with Gasteiger partial charge in [0.25, 0.3) is 11.6 Å². The summed E-state index contributed by atoms with van der Waals surface area (Å²) in [6.07, 6.45) is 0. The van der Waals surface area contributed by atoms with Crippen molar-refractivity contribution in [2.45, 2.75) is 6.54 Å². The van der Waals surface area contributed by atoms with E-state index in [4.69, 9.17) is 0 Å². The lowest BCUT2D eigenvalue weighted by Crippen LogP contribution is -3.13. The fraction of sp³-hybridized carbons (Fsp3) is 0.263. The summed E-state index contributed by atoms with van der Waals surface area (Å²) in [7, 11) is 0. The van der Waals surface area contributed by atoms with E-state index in [1.54, 1.807) is 6.07 Å². The molecule has 2 aliphatic heterocycles. The van der Waals surface area contributed by atoms with Crippen LogP contribution in [-0.4, -0.2) is 47.7 Å². The first-order chi connectivity index (χ1) is 13.1. The molecule has 1 amide bonds. The Labute approximate surface area is 156 Å². The van der Waals surface area contributed by atoms with Crippen molar-refractivity contribution in [1.82, 2.24) is 5.01 Å². The molecule has 4 rings (SSSR count). The number of rotatable bonds is 4. The van der Waals surface area contributed by atoms with Crippen molar-refractivity contribution in [3.8, 4) is 0 Å². The SMILES string of the molecule is O=C1Nc2ccc([N+](=O)[O-])cc2/C1=N/N1CC[NH+](Cc2ccccc2)CC1. The van der Waals surface area contributed by atoms with Crippen LogP contribution in [0.1, 0.15) is 11.1 Å². The van der Waals surface area contributed by atoms with Gasteiger partial charge < -0.3 is 10.2 Å². The van der Waals surface area contributed by atoms with Crippen molar-refractivity contribution in [2.75, 3.05) is 31.5 Å². The number of benzene rings is 2. The Hall–Kier alpha value is -3.26. The van der Waals surface area contributed by atoms with Crippen LogP contribution in [0.5, 0.6) is 0 Å². The third kappa shape index (κ3) is 3.65. The van der Waals surface area contributed by atoms with Crippen LogP contribution in [0, 0.1) is 10.1 Å². The van der Waals surface area contributed by atoms with Gasteiger partial charge in [-0.15, -0.1) is 0 Å². The van der Waals surface area contributed by atoms with Gasteiger partial charge in [-0.1, -0.05) is 30.3 Å². The zero-order valence-corrected chi connectivity index (χ0v) is 14.7. The van der Waals surface area contributed by atoms with Crippen molar-refractivity contribution in [2.24, 2.45) is 5.10 Å². The van der Waals surface area contributed by atoms with Crippen LogP contribution in [0.15, 0.2) is 53.6 Å². The number of nitrogens with zero attached hydrogens (tertiary/aromatic N) is 3. The van der Waals surface area contributed by atoms with E-state index in [-0.39, 0.29) is 17.3 Å². The molecule has 0 aromatic heterocycles. The van der Waals surface area contributed by atoms with Crippen molar-refractivity contribution < 1.29 is 14.6 Å². The van der Waals surface area contributed by atoms with Crippen LogP contribution in [0.4, 0.5) is 11.4 Å². The van der Waals surface area contributed by atoms with Crippen molar-refractivity contribution in [3.05, 3.63) is 69.8 Å². The molecule has 27 heavy (non-hydrogen) atoms. The lowest BCUT2D eigenvalue weighted by molar-refractivity contribution is -0.918. The zero-order chi connectivity index (χ0) is 18.8. The summed E-state index contributed by atoms with van der Waals surface area (Å²) < 4.78 is 0. The van der Waals surface area contributed by atoms with Gasteiger partial charge in [-0.2, -0.15) is 5.10 Å². The molecule has 2 aliphatic rings. The number of carbonyl (C=O) groups excluding carboxylic acids is 1. The number of anilines is 1. The van der Waals surface area contributed by atoms with E-state index in [1.165, 1.54) is 22.6 Å². The largest absolute Gasteiger partial charge is 0.328 e. The van der Waals surface area contributed by atoms with Gasteiger partial charge in [-0.05, 0) is 6.07 Å². The van der Waals surface area contributed by atoms with Crippen molar-refractivity contribution >= 4 is 23.0 Å². The maximum Gasteiger partial charge on any atom is 0.276 e. The van der Waals surface area contributed by atoms with Gasteiger partial charge >= 0.3 is 0 Å². The molecule has 8 heteroatoms. The van der Waals surface area contributed by atoms with Gasteiger partial charge in [0.15, 0.2) is 5.71 Å². The Bertz CT molecular complexity index is 905. The second kappa shape index (κ2) is 7.16. The highest BCUT2D eigenvalue weighted by atomic mass is 16.6. The lowest BCUT2D eigenvalue weighted by atomic mass is 10.1. The minimum Gasteiger partial charge on any atom is -0.328 e. The maximum atomic E-state index is 12.2. The zero-order valence-electron chi connectivity index (χ0n) is 14.7. The third-order valence-corrected chi connectivity index (χ3v) is 4.92. The molecule has 0 radical (unpaired) electrons. The number of hydrazone groups is 1. The summed E-state index contributed by atoms with van der Waals surface area (Å²) in [6.45, 7) is 4.30. The van der Waals surface area contributed by atoms with Gasteiger partial charge in [0.05, 0.1) is 36.8 Å². The minimum absolute atomic E-state index is 0.0462. The van der Waals surface area contributed by atoms with Crippen LogP contribution in [0.3, 0.4) is 0 Å². The van der Waals surface area contributed by atoms with Crippen LogP contribution in [0.25, 0.3) is 0 Å². The lowest BCUT2D eigenvalue weighted by Gasteiger charge is -2.30. The molecule has 1 fully saturated rings. The van der Waals surface area contributed by atoms with Gasteiger partial charge in [-0.3, -0.25) is 19.9 Å². The Morgan fingerprint density at radius 3 is 2.59 bits per heavy atom. The molecular weight excluding hydrogens is 346 g/mol. The minimum atomic E-state index is -0.466. The maximum absolute atomic E-state index is 12.2. The smallest absolute Gasteiger partial charge is 0.276 e. The molecule has 0 spiro atoms. The van der Waals surface area contributed by atoms with Crippen molar-refractivity contribution in [1.29, 1.82) is 0 Å². The van der Waals surface area contributed by atoms with E-state index < -0.39 is 4.92 Å². The molecule has 2 aromatic carbocycles. The molecule has 138 valence electrons. The standard InChI is InChI=1S/C19H19N5O3/c25-19-18(16-12-15(24(26)27)6-7-17(16)20-19)21-23-10-8-22(9-11-23)13-14-4-2-1-3-5-14/h1-7,12H,8-11,13H2,(H,20,21,25)/p+1. The average molecular weight is 366 g/mol. The number of nitrogens with one attached hydrogen (secondary N) is 2. The molecule has 0 bridgehead atoms. The number of nitro benzene ring substituents is 1. The van der Waals surface area contributed by atoms with E-state index in [0.29, 0.717) is 11.3 Å². The highest BCUT2D eigenvalue weighted by Gasteiger charge is 2.30. The average Bonchev–Trinajstić information content (AvgIpc) is 2.99. The molecule has 2 heterocycles. The van der Waals surface area contributed by atoms with Crippen LogP contribution >= 0.6 is 0 Å². The predicted octanol–water partition coefficient (Wildman–Crippen LogP) is 0.652. The molecule has 0 atom stereocenters. The number of nitro groups is 1. The number of quaternary nitrogens is 1. The Morgan fingerprint density at radius 2 is 1.89 bits per heavy atom. The molecular formula is C19H20N5O3+. The summed E-state index contributed by atoms with van der Waals surface area (Å²) in [4.78, 5) is 24.3. The second-order valence-corrected chi connectivity index (χ2v) is 6.76. The van der Waals surface area contributed by atoms with E-state index in [2.05, 4.69) is 22.6 Å². The summed E-state index contributed by atoms with van der Waals surface area (Å²) >= 11 is 0. The quantitative estimate of drug-likeness (QED) is 0.614. The number of non-ortho nitro benzene ring substituents is 1. The normalized spacial score (nSPS) is 18.4. The van der Waals surface area contributed by atoms with Gasteiger partial charge in [0.1, 0.15) is 6.54 Å². The fourth-order valence-corrected chi connectivity index (χ4v) is 3.47. The number of amides is 1. The fourth-order valence-electron chi connectivity index (χ4n) is 3.47. The number of hydrogen-bond acceptors (Lipinski definition) is 5. The molecule has 2 aromatic rings. The highest BCUT2D eigenvalue weighted by molar-refractivity contribution is 6.53. The number of fused-ring (bicyclic) bond motifs is 1. The van der Waals surface area contributed by atoms with E-state index >= 15 is 0 Å². The molecule has 0 unspecified atom stereocenters. The van der Waals surface area contributed by atoms with E-state index in [0.717, 1.165) is 32.7 Å². The van der Waals surface area contributed by atoms with Gasteiger partial charge in [-0.25, -0.2) is 0 Å².